The summed E-state index contributed by atoms with van der Waals surface area (Å²) in [5, 5.41) is 9.21. The van der Waals surface area contributed by atoms with Gasteiger partial charge < -0.3 is 21.3 Å². The standard InChI is InChI=1S/C15H16N2O3/c16-13-7-10(15(17)19)5-6-12(13)9-20-14-4-2-1-3-11(14)8-18/h1-7,18H,8-9,16H2,(H2,17,19). The highest BCUT2D eigenvalue weighted by Gasteiger charge is 2.07. The molecule has 104 valence electrons. The van der Waals surface area contributed by atoms with Crippen LogP contribution in [0.15, 0.2) is 42.5 Å². The van der Waals surface area contributed by atoms with Crippen LogP contribution in [0.4, 0.5) is 5.69 Å². The van der Waals surface area contributed by atoms with Gasteiger partial charge in [0, 0.05) is 22.4 Å². The zero-order valence-corrected chi connectivity index (χ0v) is 10.9. The molecule has 0 aliphatic heterocycles. The predicted octanol–water partition coefficient (Wildman–Crippen LogP) is 1.44. The Balaban J connectivity index is 2.13. The molecule has 2 aromatic carbocycles. The van der Waals surface area contributed by atoms with Gasteiger partial charge in [-0.15, -0.1) is 0 Å². The second-order valence-corrected chi connectivity index (χ2v) is 4.33. The minimum atomic E-state index is -0.519. The Hall–Kier alpha value is -2.53. The van der Waals surface area contributed by atoms with Crippen LogP contribution >= 0.6 is 0 Å². The molecule has 0 radical (unpaired) electrons. The number of amides is 1. The first kappa shape index (κ1) is 13.9. The Labute approximate surface area is 116 Å². The molecule has 5 N–H and O–H groups in total. The Kier molecular flexibility index (Phi) is 4.22. The number of ether oxygens (including phenoxy) is 1. The molecular formula is C15H16N2O3. The fourth-order valence-corrected chi connectivity index (χ4v) is 1.81. The Morgan fingerprint density at radius 2 is 1.90 bits per heavy atom. The topological polar surface area (TPSA) is 98.6 Å². The van der Waals surface area contributed by atoms with Crippen molar-refractivity contribution in [2.24, 2.45) is 5.73 Å². The van der Waals surface area contributed by atoms with Gasteiger partial charge in [-0.1, -0.05) is 24.3 Å². The SMILES string of the molecule is NC(=O)c1ccc(COc2ccccc2CO)c(N)c1. The molecule has 0 unspecified atom stereocenters. The summed E-state index contributed by atoms with van der Waals surface area (Å²) in [6.45, 7) is 0.161. The van der Waals surface area contributed by atoms with E-state index < -0.39 is 5.91 Å². The maximum absolute atomic E-state index is 11.0. The van der Waals surface area contributed by atoms with Crippen LogP contribution in [0.1, 0.15) is 21.5 Å². The lowest BCUT2D eigenvalue weighted by Crippen LogP contribution is -2.12. The molecule has 5 nitrogen and oxygen atoms in total. The first-order valence-corrected chi connectivity index (χ1v) is 6.11. The maximum Gasteiger partial charge on any atom is 0.248 e. The summed E-state index contributed by atoms with van der Waals surface area (Å²) in [5.41, 5.74) is 13.3. The molecular weight excluding hydrogens is 256 g/mol. The zero-order valence-electron chi connectivity index (χ0n) is 10.9. The van der Waals surface area contributed by atoms with Crippen LogP contribution in [0.3, 0.4) is 0 Å². The number of nitrogens with two attached hydrogens (primary N) is 2. The van der Waals surface area contributed by atoms with E-state index in [0.29, 0.717) is 22.6 Å². The van der Waals surface area contributed by atoms with Gasteiger partial charge in [-0.2, -0.15) is 0 Å². The van der Waals surface area contributed by atoms with E-state index in [-0.39, 0.29) is 13.2 Å². The Morgan fingerprint density at radius 3 is 2.55 bits per heavy atom. The highest BCUT2D eigenvalue weighted by Crippen LogP contribution is 2.21. The molecule has 2 aromatic rings. The molecule has 0 spiro atoms. The molecule has 5 heteroatoms. The lowest BCUT2D eigenvalue weighted by molar-refractivity contribution is 0.100. The van der Waals surface area contributed by atoms with Crippen molar-refractivity contribution in [1.29, 1.82) is 0 Å². The number of aliphatic hydroxyl groups is 1. The number of aliphatic hydroxyl groups excluding tert-OH is 1. The number of primary amides is 1. The van der Waals surface area contributed by atoms with E-state index >= 15 is 0 Å². The van der Waals surface area contributed by atoms with Gasteiger partial charge >= 0.3 is 0 Å². The minimum Gasteiger partial charge on any atom is -0.488 e. The molecule has 0 aliphatic carbocycles. The molecule has 1 amide bonds. The summed E-state index contributed by atoms with van der Waals surface area (Å²) in [4.78, 5) is 11.0. The van der Waals surface area contributed by atoms with E-state index in [4.69, 9.17) is 16.2 Å². The van der Waals surface area contributed by atoms with Crippen molar-refractivity contribution < 1.29 is 14.6 Å². The quantitative estimate of drug-likeness (QED) is 0.717. The summed E-state index contributed by atoms with van der Waals surface area (Å²) in [6, 6.07) is 12.1. The second kappa shape index (κ2) is 6.08. The summed E-state index contributed by atoms with van der Waals surface area (Å²) < 4.78 is 5.64. The summed E-state index contributed by atoms with van der Waals surface area (Å²) in [7, 11) is 0. The van der Waals surface area contributed by atoms with E-state index in [9.17, 15) is 9.90 Å². The first-order chi connectivity index (χ1) is 9.61. The normalized spacial score (nSPS) is 10.2. The van der Waals surface area contributed by atoms with Gasteiger partial charge in [0.25, 0.3) is 0 Å². The van der Waals surface area contributed by atoms with E-state index in [0.717, 1.165) is 5.56 Å². The van der Waals surface area contributed by atoms with Crippen molar-refractivity contribution in [3.63, 3.8) is 0 Å². The smallest absolute Gasteiger partial charge is 0.248 e. The monoisotopic (exact) mass is 272 g/mol. The van der Waals surface area contributed by atoms with Gasteiger partial charge in [0.1, 0.15) is 12.4 Å². The number of anilines is 1. The molecule has 0 heterocycles. The number of benzene rings is 2. The largest absolute Gasteiger partial charge is 0.488 e. The Bertz CT molecular complexity index is 626. The van der Waals surface area contributed by atoms with Gasteiger partial charge in [-0.3, -0.25) is 4.79 Å². The van der Waals surface area contributed by atoms with Crippen LogP contribution in [-0.2, 0) is 13.2 Å². The van der Waals surface area contributed by atoms with Crippen molar-refractivity contribution in [3.8, 4) is 5.75 Å². The molecule has 0 atom stereocenters. The van der Waals surface area contributed by atoms with E-state index in [2.05, 4.69) is 0 Å². The summed E-state index contributed by atoms with van der Waals surface area (Å²) in [6.07, 6.45) is 0. The number of rotatable bonds is 5. The molecule has 0 fully saturated rings. The van der Waals surface area contributed by atoms with Gasteiger partial charge in [0.2, 0.25) is 5.91 Å². The third kappa shape index (κ3) is 3.07. The lowest BCUT2D eigenvalue weighted by Gasteiger charge is -2.11. The van der Waals surface area contributed by atoms with Gasteiger partial charge in [-0.05, 0) is 18.2 Å². The van der Waals surface area contributed by atoms with Crippen molar-refractivity contribution >= 4 is 11.6 Å². The highest BCUT2D eigenvalue weighted by atomic mass is 16.5. The Morgan fingerprint density at radius 1 is 1.15 bits per heavy atom. The summed E-state index contributed by atoms with van der Waals surface area (Å²) >= 11 is 0. The molecule has 0 saturated carbocycles. The number of hydrogen-bond acceptors (Lipinski definition) is 4. The number of nitrogen functional groups attached to an aromatic ring is 1. The highest BCUT2D eigenvalue weighted by molar-refractivity contribution is 5.93. The average molecular weight is 272 g/mol. The van der Waals surface area contributed by atoms with E-state index in [1.54, 1.807) is 24.3 Å². The number of hydrogen-bond donors (Lipinski definition) is 3. The fourth-order valence-electron chi connectivity index (χ4n) is 1.81. The van der Waals surface area contributed by atoms with Crippen LogP contribution in [0.25, 0.3) is 0 Å². The zero-order chi connectivity index (χ0) is 14.5. The molecule has 0 saturated heterocycles. The number of para-hydroxylation sites is 1. The van der Waals surface area contributed by atoms with Crippen LogP contribution in [0, 0.1) is 0 Å². The van der Waals surface area contributed by atoms with Crippen LogP contribution in [-0.4, -0.2) is 11.0 Å². The molecule has 20 heavy (non-hydrogen) atoms. The van der Waals surface area contributed by atoms with Gasteiger partial charge in [0.15, 0.2) is 0 Å². The second-order valence-electron chi connectivity index (χ2n) is 4.33. The molecule has 2 rings (SSSR count). The van der Waals surface area contributed by atoms with Gasteiger partial charge in [-0.25, -0.2) is 0 Å². The minimum absolute atomic E-state index is 0.0910. The molecule has 0 aliphatic rings. The van der Waals surface area contributed by atoms with Crippen molar-refractivity contribution in [1.82, 2.24) is 0 Å². The lowest BCUT2D eigenvalue weighted by atomic mass is 10.1. The predicted molar refractivity (Wildman–Crippen MR) is 76.1 cm³/mol. The van der Waals surface area contributed by atoms with E-state index in [1.807, 2.05) is 12.1 Å². The van der Waals surface area contributed by atoms with Crippen molar-refractivity contribution in [2.75, 3.05) is 5.73 Å². The average Bonchev–Trinajstić information content (AvgIpc) is 2.46. The van der Waals surface area contributed by atoms with Crippen molar-refractivity contribution in [2.45, 2.75) is 13.2 Å². The maximum atomic E-state index is 11.0. The third-order valence-electron chi connectivity index (χ3n) is 2.96. The molecule has 0 bridgehead atoms. The number of carbonyl (C=O) groups is 1. The molecule has 0 aromatic heterocycles. The van der Waals surface area contributed by atoms with Crippen molar-refractivity contribution in [3.05, 3.63) is 59.2 Å². The van der Waals surface area contributed by atoms with Gasteiger partial charge in [0.05, 0.1) is 6.61 Å². The number of carbonyl (C=O) groups excluding carboxylic acids is 1. The van der Waals surface area contributed by atoms with Crippen LogP contribution < -0.4 is 16.2 Å². The summed E-state index contributed by atoms with van der Waals surface area (Å²) in [5.74, 6) is 0.0863. The fraction of sp³-hybridized carbons (Fsp3) is 0.133. The third-order valence-corrected chi connectivity index (χ3v) is 2.96. The van der Waals surface area contributed by atoms with Crippen LogP contribution in [0.2, 0.25) is 0 Å². The first-order valence-electron chi connectivity index (χ1n) is 6.11. The van der Waals surface area contributed by atoms with E-state index in [1.165, 1.54) is 6.07 Å². The van der Waals surface area contributed by atoms with Crippen LogP contribution in [0.5, 0.6) is 5.75 Å².